The normalized spacial score (nSPS) is 20.7. The molecule has 1 fully saturated rings. The number of aliphatic hydroxyl groups excluding tert-OH is 1. The van der Waals surface area contributed by atoms with Gasteiger partial charge in [0.25, 0.3) is 0 Å². The summed E-state index contributed by atoms with van der Waals surface area (Å²) in [4.78, 5) is 13.7. The van der Waals surface area contributed by atoms with Gasteiger partial charge in [-0.05, 0) is 6.42 Å². The van der Waals surface area contributed by atoms with Crippen LogP contribution in [0.3, 0.4) is 0 Å². The van der Waals surface area contributed by atoms with Gasteiger partial charge in [-0.3, -0.25) is 15.0 Å². The summed E-state index contributed by atoms with van der Waals surface area (Å²) in [6.45, 7) is 7.66. The van der Waals surface area contributed by atoms with E-state index >= 15 is 0 Å². The Bertz CT molecular complexity index is 450. The highest BCUT2D eigenvalue weighted by atomic mass is 16.5. The Morgan fingerprint density at radius 3 is 2.89 bits per heavy atom. The van der Waals surface area contributed by atoms with Crippen molar-refractivity contribution in [2.24, 2.45) is 0 Å². The number of likely N-dealkylation sites (tertiary alicyclic amines) is 1. The van der Waals surface area contributed by atoms with Crippen molar-refractivity contribution >= 4 is 11.8 Å². The van der Waals surface area contributed by atoms with E-state index in [0.717, 1.165) is 18.7 Å². The van der Waals surface area contributed by atoms with Crippen LogP contribution in [0.5, 0.6) is 0 Å². The number of nitrogens with zero attached hydrogens (tertiary/aromatic N) is 2. The molecule has 0 spiro atoms. The van der Waals surface area contributed by atoms with Crippen LogP contribution in [0.15, 0.2) is 10.6 Å². The summed E-state index contributed by atoms with van der Waals surface area (Å²) in [5.74, 6) is 0.223. The number of nitrogens with one attached hydrogen (secondary N) is 1. The molecule has 1 amide bonds. The fraction of sp³-hybridized carbons (Fsp3) is 0.692. The third-order valence-electron chi connectivity index (χ3n) is 3.16. The number of amides is 1. The predicted molar refractivity (Wildman–Crippen MR) is 70.9 cm³/mol. The molecule has 1 aliphatic heterocycles. The van der Waals surface area contributed by atoms with Gasteiger partial charge in [-0.15, -0.1) is 0 Å². The molecule has 2 N–H and O–H groups in total. The Labute approximate surface area is 112 Å². The lowest BCUT2D eigenvalue weighted by Gasteiger charge is -2.13. The van der Waals surface area contributed by atoms with Gasteiger partial charge in [0.05, 0.1) is 18.3 Å². The average Bonchev–Trinajstić information content (AvgIpc) is 2.87. The van der Waals surface area contributed by atoms with Crippen LogP contribution < -0.4 is 5.32 Å². The first kappa shape index (κ1) is 14.0. The topological polar surface area (TPSA) is 78.6 Å². The highest BCUT2D eigenvalue weighted by Crippen LogP contribution is 2.23. The van der Waals surface area contributed by atoms with Gasteiger partial charge in [0.15, 0.2) is 0 Å². The van der Waals surface area contributed by atoms with E-state index in [1.807, 2.05) is 25.7 Å². The van der Waals surface area contributed by atoms with Gasteiger partial charge in [-0.1, -0.05) is 25.9 Å². The lowest BCUT2D eigenvalue weighted by molar-refractivity contribution is -0.117. The quantitative estimate of drug-likeness (QED) is 0.853. The molecule has 0 aromatic carbocycles. The van der Waals surface area contributed by atoms with E-state index in [9.17, 15) is 9.90 Å². The van der Waals surface area contributed by atoms with Crippen molar-refractivity contribution < 1.29 is 14.4 Å². The average molecular weight is 267 g/mol. The van der Waals surface area contributed by atoms with Crippen molar-refractivity contribution in [2.45, 2.75) is 38.7 Å². The first-order valence-corrected chi connectivity index (χ1v) is 6.52. The summed E-state index contributed by atoms with van der Waals surface area (Å²) in [5, 5.41) is 16.0. The van der Waals surface area contributed by atoms with Crippen LogP contribution in [0.4, 0.5) is 5.88 Å². The maximum atomic E-state index is 11.8. The number of carbonyl (C=O) groups excluding carboxylic acids is 1. The Balaban J connectivity index is 1.87. The maximum Gasteiger partial charge on any atom is 0.240 e. The van der Waals surface area contributed by atoms with Crippen molar-refractivity contribution in [1.29, 1.82) is 0 Å². The molecule has 1 saturated heterocycles. The molecule has 0 unspecified atom stereocenters. The zero-order valence-corrected chi connectivity index (χ0v) is 11.6. The Morgan fingerprint density at radius 1 is 1.63 bits per heavy atom. The van der Waals surface area contributed by atoms with Crippen molar-refractivity contribution in [3.63, 3.8) is 0 Å². The van der Waals surface area contributed by atoms with Crippen LogP contribution in [0, 0.1) is 0 Å². The Kier molecular flexibility index (Phi) is 3.91. The lowest BCUT2D eigenvalue weighted by atomic mass is 9.92. The SMILES string of the molecule is CC(C)(C)c1cc(NC(=O)CN2CC[C@@H](O)C2)on1. The van der Waals surface area contributed by atoms with E-state index in [-0.39, 0.29) is 24.0 Å². The Morgan fingerprint density at radius 2 is 2.37 bits per heavy atom. The summed E-state index contributed by atoms with van der Waals surface area (Å²) >= 11 is 0. The molecule has 1 aliphatic rings. The molecule has 2 rings (SSSR count). The molecule has 106 valence electrons. The minimum absolute atomic E-state index is 0.106. The van der Waals surface area contributed by atoms with E-state index in [0.29, 0.717) is 12.4 Å². The number of aromatic nitrogens is 1. The van der Waals surface area contributed by atoms with Crippen molar-refractivity contribution in [2.75, 3.05) is 25.0 Å². The molecule has 0 radical (unpaired) electrons. The van der Waals surface area contributed by atoms with Gasteiger partial charge in [0, 0.05) is 24.6 Å². The second kappa shape index (κ2) is 5.30. The highest BCUT2D eigenvalue weighted by molar-refractivity contribution is 5.91. The third kappa shape index (κ3) is 3.78. The maximum absolute atomic E-state index is 11.8. The molecule has 0 aliphatic carbocycles. The first-order chi connectivity index (χ1) is 8.84. The smallest absolute Gasteiger partial charge is 0.240 e. The molecule has 2 heterocycles. The second-order valence-electron chi connectivity index (χ2n) is 6.05. The number of β-amino-alcohol motifs (C(OH)–C–C–N with tert-alkyl or cyclic N) is 1. The molecule has 19 heavy (non-hydrogen) atoms. The van der Waals surface area contributed by atoms with Crippen LogP contribution in [0.2, 0.25) is 0 Å². The number of hydrogen-bond acceptors (Lipinski definition) is 5. The van der Waals surface area contributed by atoms with Crippen LogP contribution >= 0.6 is 0 Å². The molecule has 1 aromatic heterocycles. The van der Waals surface area contributed by atoms with Crippen LogP contribution in [0.25, 0.3) is 0 Å². The highest BCUT2D eigenvalue weighted by Gasteiger charge is 2.23. The third-order valence-corrected chi connectivity index (χ3v) is 3.16. The summed E-state index contributed by atoms with van der Waals surface area (Å²) < 4.78 is 5.10. The van der Waals surface area contributed by atoms with Crippen LogP contribution in [0.1, 0.15) is 32.9 Å². The molecule has 0 saturated carbocycles. The molecular formula is C13H21N3O3. The second-order valence-corrected chi connectivity index (χ2v) is 6.05. The van der Waals surface area contributed by atoms with Crippen molar-refractivity contribution in [1.82, 2.24) is 10.1 Å². The number of anilines is 1. The van der Waals surface area contributed by atoms with Gasteiger partial charge >= 0.3 is 0 Å². The van der Waals surface area contributed by atoms with E-state index in [1.54, 1.807) is 6.07 Å². The van der Waals surface area contributed by atoms with Gasteiger partial charge in [0.1, 0.15) is 0 Å². The molecule has 1 atom stereocenters. The number of rotatable bonds is 3. The summed E-state index contributed by atoms with van der Waals surface area (Å²) in [7, 11) is 0. The molecule has 1 aromatic rings. The van der Waals surface area contributed by atoms with E-state index in [4.69, 9.17) is 4.52 Å². The van der Waals surface area contributed by atoms with Gasteiger partial charge < -0.3 is 9.63 Å². The van der Waals surface area contributed by atoms with Gasteiger partial charge in [-0.25, -0.2) is 0 Å². The molecule has 6 heteroatoms. The number of aliphatic hydroxyl groups is 1. The van der Waals surface area contributed by atoms with E-state index in [2.05, 4.69) is 10.5 Å². The molecular weight excluding hydrogens is 246 g/mol. The molecule has 6 nitrogen and oxygen atoms in total. The minimum Gasteiger partial charge on any atom is -0.392 e. The standard InChI is InChI=1S/C13H21N3O3/c1-13(2,3)10-6-12(19-15-10)14-11(18)8-16-5-4-9(17)7-16/h6,9,17H,4-5,7-8H2,1-3H3,(H,14,18)/t9-/m1/s1. The summed E-state index contributed by atoms with van der Waals surface area (Å²) in [5.41, 5.74) is 0.699. The zero-order valence-electron chi connectivity index (χ0n) is 11.6. The monoisotopic (exact) mass is 267 g/mol. The summed E-state index contributed by atoms with van der Waals surface area (Å²) in [6.07, 6.45) is 0.412. The lowest BCUT2D eigenvalue weighted by Crippen LogP contribution is -2.32. The van der Waals surface area contributed by atoms with E-state index in [1.165, 1.54) is 0 Å². The first-order valence-electron chi connectivity index (χ1n) is 6.52. The van der Waals surface area contributed by atoms with Crippen LogP contribution in [-0.4, -0.2) is 46.8 Å². The van der Waals surface area contributed by atoms with Crippen LogP contribution in [-0.2, 0) is 10.2 Å². The largest absolute Gasteiger partial charge is 0.392 e. The van der Waals surface area contributed by atoms with E-state index < -0.39 is 0 Å². The van der Waals surface area contributed by atoms with Crippen molar-refractivity contribution in [3.8, 4) is 0 Å². The zero-order chi connectivity index (χ0) is 14.0. The number of hydrogen-bond donors (Lipinski definition) is 2. The van der Waals surface area contributed by atoms with Crippen molar-refractivity contribution in [3.05, 3.63) is 11.8 Å². The summed E-state index contributed by atoms with van der Waals surface area (Å²) in [6, 6.07) is 1.75. The fourth-order valence-electron chi connectivity index (χ4n) is 2.02. The minimum atomic E-state index is -0.314. The number of carbonyl (C=O) groups is 1. The Hall–Kier alpha value is -1.40. The van der Waals surface area contributed by atoms with Gasteiger partial charge in [0.2, 0.25) is 11.8 Å². The van der Waals surface area contributed by atoms with Gasteiger partial charge in [-0.2, -0.15) is 0 Å². The fourth-order valence-corrected chi connectivity index (χ4v) is 2.02. The molecule has 0 bridgehead atoms. The predicted octanol–water partition coefficient (Wildman–Crippen LogP) is 0.977.